The van der Waals surface area contributed by atoms with E-state index in [9.17, 15) is 0 Å². The molecule has 70 valence electrons. The van der Waals surface area contributed by atoms with Crippen molar-refractivity contribution >= 4 is 23.2 Å². The minimum Gasteiger partial charge on any atom is -0.384 e. The van der Waals surface area contributed by atoms with Gasteiger partial charge in [-0.05, 0) is 25.0 Å². The molecule has 2 rings (SSSR count). The van der Waals surface area contributed by atoms with E-state index in [1.165, 1.54) is 12.8 Å². The molecule has 1 aliphatic rings. The fourth-order valence-corrected chi connectivity index (χ4v) is 1.82. The van der Waals surface area contributed by atoms with Crippen LogP contribution in [0.15, 0.2) is 12.1 Å². The molecule has 0 saturated carbocycles. The number of nitrogen functional groups attached to an aromatic ring is 1. The Morgan fingerprint density at radius 1 is 1.31 bits per heavy atom. The number of rotatable bonds is 1. The van der Waals surface area contributed by atoms with Crippen LogP contribution in [0.25, 0.3) is 0 Å². The summed E-state index contributed by atoms with van der Waals surface area (Å²) in [5.74, 6) is 1.40. The van der Waals surface area contributed by atoms with Gasteiger partial charge in [-0.15, -0.1) is 0 Å². The Labute approximate surface area is 82.5 Å². The van der Waals surface area contributed by atoms with Crippen LogP contribution >= 0.6 is 11.6 Å². The number of hydrogen-bond acceptors (Lipinski definition) is 3. The molecule has 0 spiro atoms. The maximum absolute atomic E-state index is 5.88. The molecule has 3 nitrogen and oxygen atoms in total. The van der Waals surface area contributed by atoms with E-state index in [-0.39, 0.29) is 0 Å². The van der Waals surface area contributed by atoms with Crippen LogP contribution in [0, 0.1) is 0 Å². The first-order valence-corrected chi connectivity index (χ1v) is 4.81. The summed E-state index contributed by atoms with van der Waals surface area (Å²) in [6.45, 7) is 2.12. The number of halogens is 1. The van der Waals surface area contributed by atoms with Gasteiger partial charge >= 0.3 is 0 Å². The molecule has 1 aromatic rings. The summed E-state index contributed by atoms with van der Waals surface area (Å²) in [6, 6.07) is 3.53. The lowest BCUT2D eigenvalue weighted by atomic mass is 10.4. The molecule has 13 heavy (non-hydrogen) atoms. The molecule has 0 amide bonds. The van der Waals surface area contributed by atoms with Crippen LogP contribution < -0.4 is 10.6 Å². The first-order valence-electron chi connectivity index (χ1n) is 4.44. The Morgan fingerprint density at radius 2 is 2.00 bits per heavy atom. The van der Waals surface area contributed by atoms with E-state index in [2.05, 4.69) is 9.88 Å². The van der Waals surface area contributed by atoms with Crippen molar-refractivity contribution in [3.8, 4) is 0 Å². The normalized spacial score (nSPS) is 16.5. The van der Waals surface area contributed by atoms with Gasteiger partial charge in [0, 0.05) is 18.1 Å². The Hall–Kier alpha value is -0.960. The summed E-state index contributed by atoms with van der Waals surface area (Å²) in [4.78, 5) is 6.45. The van der Waals surface area contributed by atoms with Crippen molar-refractivity contribution in [2.75, 3.05) is 23.7 Å². The predicted molar refractivity (Wildman–Crippen MR) is 55.1 cm³/mol. The lowest BCUT2D eigenvalue weighted by Gasteiger charge is -2.16. The zero-order chi connectivity index (χ0) is 9.26. The lowest BCUT2D eigenvalue weighted by molar-refractivity contribution is 0.940. The fourth-order valence-electron chi connectivity index (χ4n) is 1.61. The number of nitrogens with two attached hydrogens (primary N) is 1. The third-order valence-corrected chi connectivity index (χ3v) is 2.44. The Bertz CT molecular complexity index is 287. The van der Waals surface area contributed by atoms with Gasteiger partial charge in [0.05, 0.1) is 0 Å². The molecule has 0 aromatic carbocycles. The molecule has 0 bridgehead atoms. The predicted octanol–water partition coefficient (Wildman–Crippen LogP) is 1.92. The molecule has 2 N–H and O–H groups in total. The summed E-state index contributed by atoms with van der Waals surface area (Å²) >= 11 is 5.88. The molecule has 0 unspecified atom stereocenters. The van der Waals surface area contributed by atoms with Crippen LogP contribution in [0.2, 0.25) is 5.02 Å². The largest absolute Gasteiger partial charge is 0.384 e. The summed E-state index contributed by atoms with van der Waals surface area (Å²) < 4.78 is 0. The average molecular weight is 198 g/mol. The Morgan fingerprint density at radius 3 is 2.62 bits per heavy atom. The van der Waals surface area contributed by atoms with Gasteiger partial charge in [-0.2, -0.15) is 0 Å². The van der Waals surface area contributed by atoms with Crippen LogP contribution in [0.3, 0.4) is 0 Å². The van der Waals surface area contributed by atoms with Gasteiger partial charge in [-0.1, -0.05) is 11.6 Å². The minimum absolute atomic E-state index is 0.495. The minimum atomic E-state index is 0.495. The van der Waals surface area contributed by atoms with Gasteiger partial charge in [0.2, 0.25) is 0 Å². The van der Waals surface area contributed by atoms with Crippen LogP contribution in [-0.4, -0.2) is 18.1 Å². The SMILES string of the molecule is Nc1cc(Cl)cc(N2CCCC2)n1. The molecule has 1 fully saturated rings. The van der Waals surface area contributed by atoms with E-state index in [0.29, 0.717) is 10.8 Å². The first-order chi connectivity index (χ1) is 6.25. The summed E-state index contributed by atoms with van der Waals surface area (Å²) in [5, 5.41) is 0.661. The van der Waals surface area contributed by atoms with Crippen molar-refractivity contribution < 1.29 is 0 Å². The Balaban J connectivity index is 2.28. The number of hydrogen-bond donors (Lipinski definition) is 1. The maximum atomic E-state index is 5.88. The number of pyridine rings is 1. The van der Waals surface area contributed by atoms with Crippen LogP contribution in [0.5, 0.6) is 0 Å². The van der Waals surface area contributed by atoms with Gasteiger partial charge in [-0.3, -0.25) is 0 Å². The number of aromatic nitrogens is 1. The van der Waals surface area contributed by atoms with Crippen molar-refractivity contribution in [1.82, 2.24) is 4.98 Å². The second kappa shape index (κ2) is 3.42. The van der Waals surface area contributed by atoms with Gasteiger partial charge in [0.25, 0.3) is 0 Å². The molecule has 2 heterocycles. The fraction of sp³-hybridized carbons (Fsp3) is 0.444. The smallest absolute Gasteiger partial charge is 0.132 e. The lowest BCUT2D eigenvalue weighted by Crippen LogP contribution is -2.19. The first kappa shape index (κ1) is 8.63. The third kappa shape index (κ3) is 1.86. The van der Waals surface area contributed by atoms with E-state index < -0.39 is 0 Å². The molecule has 4 heteroatoms. The van der Waals surface area contributed by atoms with Crippen molar-refractivity contribution in [1.29, 1.82) is 0 Å². The van der Waals surface area contributed by atoms with Crippen molar-refractivity contribution in [3.63, 3.8) is 0 Å². The molecule has 0 radical (unpaired) electrons. The van der Waals surface area contributed by atoms with Crippen molar-refractivity contribution in [3.05, 3.63) is 17.2 Å². The van der Waals surface area contributed by atoms with E-state index in [1.54, 1.807) is 6.07 Å². The topological polar surface area (TPSA) is 42.1 Å². The molecule has 1 saturated heterocycles. The summed E-state index contributed by atoms with van der Waals surface area (Å²) in [5.41, 5.74) is 5.60. The highest BCUT2D eigenvalue weighted by Gasteiger charge is 2.13. The van der Waals surface area contributed by atoms with E-state index >= 15 is 0 Å². The Kier molecular flexibility index (Phi) is 2.27. The second-order valence-electron chi connectivity index (χ2n) is 3.26. The number of nitrogens with zero attached hydrogens (tertiary/aromatic N) is 2. The molecule has 0 aliphatic carbocycles. The monoisotopic (exact) mass is 197 g/mol. The van der Waals surface area contributed by atoms with E-state index in [4.69, 9.17) is 17.3 Å². The number of anilines is 2. The quantitative estimate of drug-likeness (QED) is 0.748. The second-order valence-corrected chi connectivity index (χ2v) is 3.70. The van der Waals surface area contributed by atoms with E-state index in [1.807, 2.05) is 6.07 Å². The molecule has 1 aliphatic heterocycles. The van der Waals surface area contributed by atoms with Crippen molar-refractivity contribution in [2.24, 2.45) is 0 Å². The maximum Gasteiger partial charge on any atom is 0.132 e. The summed E-state index contributed by atoms with van der Waals surface area (Å²) in [7, 11) is 0. The van der Waals surface area contributed by atoms with Crippen LogP contribution in [0.4, 0.5) is 11.6 Å². The summed E-state index contributed by atoms with van der Waals surface area (Å²) in [6.07, 6.45) is 2.46. The average Bonchev–Trinajstić information content (AvgIpc) is 2.53. The van der Waals surface area contributed by atoms with Gasteiger partial charge in [0.1, 0.15) is 11.6 Å². The van der Waals surface area contributed by atoms with Crippen LogP contribution in [0.1, 0.15) is 12.8 Å². The van der Waals surface area contributed by atoms with E-state index in [0.717, 1.165) is 18.9 Å². The third-order valence-electron chi connectivity index (χ3n) is 2.23. The van der Waals surface area contributed by atoms with Crippen molar-refractivity contribution in [2.45, 2.75) is 12.8 Å². The molecular formula is C9H12ClN3. The zero-order valence-electron chi connectivity index (χ0n) is 7.33. The van der Waals surface area contributed by atoms with Gasteiger partial charge in [0.15, 0.2) is 0 Å². The highest BCUT2D eigenvalue weighted by molar-refractivity contribution is 6.31. The van der Waals surface area contributed by atoms with Crippen LogP contribution in [-0.2, 0) is 0 Å². The molecular weight excluding hydrogens is 186 g/mol. The molecule has 1 aromatic heterocycles. The molecule has 0 atom stereocenters. The zero-order valence-corrected chi connectivity index (χ0v) is 8.09. The van der Waals surface area contributed by atoms with Gasteiger partial charge < -0.3 is 10.6 Å². The highest BCUT2D eigenvalue weighted by Crippen LogP contribution is 2.22. The standard InChI is InChI=1S/C9H12ClN3/c10-7-5-8(11)12-9(6-7)13-3-1-2-4-13/h5-6H,1-4H2,(H2,11,12). The van der Waals surface area contributed by atoms with Gasteiger partial charge in [-0.25, -0.2) is 4.98 Å². The highest BCUT2D eigenvalue weighted by atomic mass is 35.5.